The highest BCUT2D eigenvalue weighted by molar-refractivity contribution is 6.03. The molecule has 0 aliphatic carbocycles. The monoisotopic (exact) mass is 232 g/mol. The SMILES string of the molecule is Nc1ccc(NC(=O)c2cncc(F)c2)nc1. The number of pyridine rings is 2. The Kier molecular flexibility index (Phi) is 2.95. The van der Waals surface area contributed by atoms with Crippen LogP contribution in [0.15, 0.2) is 36.8 Å². The highest BCUT2D eigenvalue weighted by Crippen LogP contribution is 2.08. The van der Waals surface area contributed by atoms with Gasteiger partial charge in [0.25, 0.3) is 5.91 Å². The van der Waals surface area contributed by atoms with Crippen molar-refractivity contribution >= 4 is 17.4 Å². The second kappa shape index (κ2) is 4.56. The Morgan fingerprint density at radius 2 is 2.12 bits per heavy atom. The van der Waals surface area contributed by atoms with Gasteiger partial charge in [-0.1, -0.05) is 0 Å². The van der Waals surface area contributed by atoms with Crippen LogP contribution in [-0.4, -0.2) is 15.9 Å². The average Bonchev–Trinajstić information content (AvgIpc) is 2.32. The van der Waals surface area contributed by atoms with E-state index in [4.69, 9.17) is 5.73 Å². The number of nitrogens with zero attached hydrogens (tertiary/aromatic N) is 2. The number of carbonyl (C=O) groups excluding carboxylic acids is 1. The van der Waals surface area contributed by atoms with Gasteiger partial charge < -0.3 is 11.1 Å². The first-order valence-electron chi connectivity index (χ1n) is 4.78. The number of aromatic nitrogens is 2. The summed E-state index contributed by atoms with van der Waals surface area (Å²) in [5.41, 5.74) is 6.08. The zero-order valence-electron chi connectivity index (χ0n) is 8.72. The number of nitrogens with one attached hydrogen (secondary N) is 1. The van der Waals surface area contributed by atoms with Crippen molar-refractivity contribution in [2.75, 3.05) is 11.1 Å². The maximum atomic E-state index is 12.8. The molecule has 0 aromatic carbocycles. The van der Waals surface area contributed by atoms with Crippen molar-refractivity contribution in [3.63, 3.8) is 0 Å². The van der Waals surface area contributed by atoms with E-state index in [9.17, 15) is 9.18 Å². The molecule has 3 N–H and O–H groups in total. The number of rotatable bonds is 2. The fraction of sp³-hybridized carbons (Fsp3) is 0. The maximum absolute atomic E-state index is 12.8. The van der Waals surface area contributed by atoms with Crippen molar-refractivity contribution in [3.8, 4) is 0 Å². The normalized spacial score (nSPS) is 9.94. The Balaban J connectivity index is 2.14. The van der Waals surface area contributed by atoms with Crippen molar-refractivity contribution < 1.29 is 9.18 Å². The molecule has 0 spiro atoms. The molecule has 6 heteroatoms. The molecule has 0 saturated heterocycles. The van der Waals surface area contributed by atoms with Gasteiger partial charge in [-0.2, -0.15) is 0 Å². The lowest BCUT2D eigenvalue weighted by Gasteiger charge is -2.04. The predicted molar refractivity (Wildman–Crippen MR) is 60.8 cm³/mol. The second-order valence-electron chi connectivity index (χ2n) is 3.32. The van der Waals surface area contributed by atoms with Gasteiger partial charge in [-0.3, -0.25) is 9.78 Å². The van der Waals surface area contributed by atoms with E-state index < -0.39 is 11.7 Å². The minimum Gasteiger partial charge on any atom is -0.397 e. The second-order valence-corrected chi connectivity index (χ2v) is 3.32. The molecule has 2 rings (SSSR count). The summed E-state index contributed by atoms with van der Waals surface area (Å²) in [5, 5.41) is 2.50. The number of nitrogens with two attached hydrogens (primary N) is 1. The third-order valence-electron chi connectivity index (χ3n) is 2.00. The highest BCUT2D eigenvalue weighted by Gasteiger charge is 2.07. The molecule has 0 aliphatic heterocycles. The van der Waals surface area contributed by atoms with Crippen molar-refractivity contribution in [2.24, 2.45) is 0 Å². The largest absolute Gasteiger partial charge is 0.397 e. The number of amides is 1. The highest BCUT2D eigenvalue weighted by atomic mass is 19.1. The zero-order valence-corrected chi connectivity index (χ0v) is 8.72. The van der Waals surface area contributed by atoms with Crippen LogP contribution in [0.2, 0.25) is 0 Å². The summed E-state index contributed by atoms with van der Waals surface area (Å²) in [7, 11) is 0. The molecule has 2 aromatic heterocycles. The fourth-order valence-electron chi connectivity index (χ4n) is 1.20. The van der Waals surface area contributed by atoms with Crippen molar-refractivity contribution in [3.05, 3.63) is 48.2 Å². The summed E-state index contributed by atoms with van der Waals surface area (Å²) in [6.45, 7) is 0. The van der Waals surface area contributed by atoms with Crippen LogP contribution >= 0.6 is 0 Å². The fourth-order valence-corrected chi connectivity index (χ4v) is 1.20. The lowest BCUT2D eigenvalue weighted by atomic mass is 10.2. The van der Waals surface area contributed by atoms with Gasteiger partial charge in [0.2, 0.25) is 0 Å². The van der Waals surface area contributed by atoms with E-state index in [0.717, 1.165) is 12.3 Å². The van der Waals surface area contributed by atoms with Crippen LogP contribution in [0.3, 0.4) is 0 Å². The molecule has 0 fully saturated rings. The number of anilines is 2. The van der Waals surface area contributed by atoms with Crippen molar-refractivity contribution in [1.29, 1.82) is 0 Å². The molecule has 0 saturated carbocycles. The summed E-state index contributed by atoms with van der Waals surface area (Å²) < 4.78 is 12.8. The third kappa shape index (κ3) is 2.75. The number of nitrogen functional groups attached to an aromatic ring is 1. The van der Waals surface area contributed by atoms with Gasteiger partial charge in [-0.25, -0.2) is 9.37 Å². The van der Waals surface area contributed by atoms with E-state index in [1.807, 2.05) is 0 Å². The minimum atomic E-state index is -0.567. The van der Waals surface area contributed by atoms with Crippen LogP contribution in [0, 0.1) is 5.82 Å². The molecular formula is C11H9FN4O. The Bertz CT molecular complexity index is 541. The predicted octanol–water partition coefficient (Wildman–Crippen LogP) is 1.45. The summed E-state index contributed by atoms with van der Waals surface area (Å²) >= 11 is 0. The molecule has 0 unspecified atom stereocenters. The molecule has 5 nitrogen and oxygen atoms in total. The van der Waals surface area contributed by atoms with Crippen LogP contribution in [0.5, 0.6) is 0 Å². The lowest BCUT2D eigenvalue weighted by molar-refractivity contribution is 0.102. The third-order valence-corrected chi connectivity index (χ3v) is 2.00. The van der Waals surface area contributed by atoms with E-state index in [-0.39, 0.29) is 5.56 Å². The Hall–Kier alpha value is -2.50. The number of halogens is 1. The molecule has 1 amide bonds. The van der Waals surface area contributed by atoms with Gasteiger partial charge in [0, 0.05) is 6.20 Å². The molecule has 0 atom stereocenters. The first-order valence-corrected chi connectivity index (χ1v) is 4.78. The van der Waals surface area contributed by atoms with E-state index in [2.05, 4.69) is 15.3 Å². The molecule has 86 valence electrons. The van der Waals surface area contributed by atoms with Crippen LogP contribution < -0.4 is 11.1 Å². The van der Waals surface area contributed by atoms with Crippen LogP contribution in [-0.2, 0) is 0 Å². The van der Waals surface area contributed by atoms with Gasteiger partial charge in [-0.05, 0) is 18.2 Å². The lowest BCUT2D eigenvalue weighted by Crippen LogP contribution is -2.13. The molecule has 2 heterocycles. The number of carbonyl (C=O) groups is 1. The van der Waals surface area contributed by atoms with E-state index in [1.165, 1.54) is 12.4 Å². The minimum absolute atomic E-state index is 0.128. The smallest absolute Gasteiger partial charge is 0.258 e. The molecule has 0 aliphatic rings. The number of hydrogen-bond donors (Lipinski definition) is 2. The van der Waals surface area contributed by atoms with Crippen molar-refractivity contribution in [1.82, 2.24) is 9.97 Å². The molecule has 2 aromatic rings. The van der Waals surface area contributed by atoms with Crippen LogP contribution in [0.1, 0.15) is 10.4 Å². The first kappa shape index (κ1) is 11.0. The Labute approximate surface area is 96.5 Å². The van der Waals surface area contributed by atoms with Gasteiger partial charge in [0.15, 0.2) is 0 Å². The zero-order chi connectivity index (χ0) is 12.3. The van der Waals surface area contributed by atoms with Gasteiger partial charge >= 0.3 is 0 Å². The summed E-state index contributed by atoms with van der Waals surface area (Å²) in [5.74, 6) is -0.703. The molecule has 17 heavy (non-hydrogen) atoms. The molecular weight excluding hydrogens is 223 g/mol. The summed E-state index contributed by atoms with van der Waals surface area (Å²) in [6, 6.07) is 4.26. The van der Waals surface area contributed by atoms with Gasteiger partial charge in [0.05, 0.1) is 23.6 Å². The van der Waals surface area contributed by atoms with E-state index in [0.29, 0.717) is 11.5 Å². The van der Waals surface area contributed by atoms with Crippen molar-refractivity contribution in [2.45, 2.75) is 0 Å². The average molecular weight is 232 g/mol. The number of hydrogen-bond acceptors (Lipinski definition) is 4. The topological polar surface area (TPSA) is 80.9 Å². The first-order chi connectivity index (χ1) is 8.15. The van der Waals surface area contributed by atoms with E-state index >= 15 is 0 Å². The molecule has 0 radical (unpaired) electrons. The Morgan fingerprint density at radius 1 is 1.29 bits per heavy atom. The maximum Gasteiger partial charge on any atom is 0.258 e. The van der Waals surface area contributed by atoms with Crippen LogP contribution in [0.25, 0.3) is 0 Å². The summed E-state index contributed by atoms with van der Waals surface area (Å²) in [6.07, 6.45) is 3.72. The molecule has 0 bridgehead atoms. The quantitative estimate of drug-likeness (QED) is 0.821. The van der Waals surface area contributed by atoms with E-state index in [1.54, 1.807) is 12.1 Å². The van der Waals surface area contributed by atoms with Crippen LogP contribution in [0.4, 0.5) is 15.9 Å². The standard InChI is InChI=1S/C11H9FN4O/c12-8-3-7(4-14-5-8)11(17)16-10-2-1-9(13)6-15-10/h1-6H,13H2,(H,15,16,17). The summed E-state index contributed by atoms with van der Waals surface area (Å²) in [4.78, 5) is 19.1. The van der Waals surface area contributed by atoms with Gasteiger partial charge in [-0.15, -0.1) is 0 Å². The Morgan fingerprint density at radius 3 is 2.76 bits per heavy atom. The van der Waals surface area contributed by atoms with Gasteiger partial charge in [0.1, 0.15) is 11.6 Å².